The van der Waals surface area contributed by atoms with Crippen LogP contribution in [0.5, 0.6) is 0 Å². The van der Waals surface area contributed by atoms with Gasteiger partial charge >= 0.3 is 0 Å². The van der Waals surface area contributed by atoms with Gasteiger partial charge in [0.1, 0.15) is 0 Å². The van der Waals surface area contributed by atoms with Gasteiger partial charge in [0, 0.05) is 26.2 Å². The molecule has 27 heavy (non-hydrogen) atoms. The fraction of sp³-hybridized carbons (Fsp3) is 0.632. The predicted molar refractivity (Wildman–Crippen MR) is 123 cm³/mol. The summed E-state index contributed by atoms with van der Waals surface area (Å²) in [7, 11) is -3.07. The molecule has 1 aliphatic heterocycles. The summed E-state index contributed by atoms with van der Waals surface area (Å²) in [6.45, 7) is 9.03. The van der Waals surface area contributed by atoms with Crippen molar-refractivity contribution >= 4 is 40.0 Å². The van der Waals surface area contributed by atoms with Crippen LogP contribution in [0.1, 0.15) is 43.9 Å². The van der Waals surface area contributed by atoms with Crippen LogP contribution in [0.4, 0.5) is 0 Å². The third-order valence-electron chi connectivity index (χ3n) is 4.90. The Hall–Kier alpha value is -0.870. The molecule has 0 bridgehead atoms. The van der Waals surface area contributed by atoms with Crippen molar-refractivity contribution in [3.63, 3.8) is 0 Å². The summed E-state index contributed by atoms with van der Waals surface area (Å²) in [5.74, 6) is 1.24. The molecular formula is C19H33IN4O2S. The lowest BCUT2D eigenvalue weighted by molar-refractivity contribution is 0.280. The lowest BCUT2D eigenvalue weighted by Gasteiger charge is -2.29. The van der Waals surface area contributed by atoms with E-state index in [-0.39, 0.29) is 30.0 Å². The maximum atomic E-state index is 11.6. The summed E-state index contributed by atoms with van der Waals surface area (Å²) in [4.78, 5) is 4.75. The fourth-order valence-corrected chi connectivity index (χ4v) is 4.19. The van der Waals surface area contributed by atoms with E-state index in [1.807, 2.05) is 6.07 Å². The zero-order chi connectivity index (χ0) is 19.2. The van der Waals surface area contributed by atoms with Gasteiger partial charge < -0.3 is 10.6 Å². The van der Waals surface area contributed by atoms with E-state index < -0.39 is 10.0 Å². The molecule has 1 aromatic rings. The molecule has 1 aromatic carbocycles. The minimum Gasteiger partial charge on any atom is -0.357 e. The Morgan fingerprint density at radius 3 is 2.48 bits per heavy atom. The number of aryl methyl sites for hydroxylation is 1. The lowest BCUT2D eigenvalue weighted by atomic mass is 9.98. The molecule has 2 rings (SSSR count). The molecular weight excluding hydrogens is 475 g/mol. The van der Waals surface area contributed by atoms with Crippen molar-refractivity contribution in [2.24, 2.45) is 10.9 Å². The summed E-state index contributed by atoms with van der Waals surface area (Å²) in [5, 5.41) is 6.79. The predicted octanol–water partition coefficient (Wildman–Crippen LogP) is 2.90. The van der Waals surface area contributed by atoms with E-state index in [1.54, 1.807) is 4.31 Å². The van der Waals surface area contributed by atoms with E-state index in [9.17, 15) is 8.42 Å². The first-order chi connectivity index (χ1) is 12.3. The van der Waals surface area contributed by atoms with Crippen molar-refractivity contribution in [2.75, 3.05) is 32.4 Å². The first-order valence-corrected chi connectivity index (χ1v) is 11.2. The monoisotopic (exact) mass is 508 g/mol. The van der Waals surface area contributed by atoms with Gasteiger partial charge in [0.2, 0.25) is 10.0 Å². The van der Waals surface area contributed by atoms with E-state index in [2.05, 4.69) is 49.6 Å². The Morgan fingerprint density at radius 1 is 1.30 bits per heavy atom. The van der Waals surface area contributed by atoms with Gasteiger partial charge in [0.15, 0.2) is 5.96 Å². The van der Waals surface area contributed by atoms with Gasteiger partial charge in [0.05, 0.1) is 12.3 Å². The summed E-state index contributed by atoms with van der Waals surface area (Å²) < 4.78 is 24.8. The van der Waals surface area contributed by atoms with E-state index >= 15 is 0 Å². The van der Waals surface area contributed by atoms with Crippen LogP contribution in [0.3, 0.4) is 0 Å². The van der Waals surface area contributed by atoms with E-state index in [4.69, 9.17) is 4.99 Å². The Bertz CT molecular complexity index is 716. The summed E-state index contributed by atoms with van der Waals surface area (Å²) in [5.41, 5.74) is 2.52. The molecule has 0 radical (unpaired) electrons. The van der Waals surface area contributed by atoms with Gasteiger partial charge in [-0.2, -0.15) is 0 Å². The van der Waals surface area contributed by atoms with Crippen LogP contribution in [0.15, 0.2) is 29.3 Å². The number of sulfonamides is 1. The van der Waals surface area contributed by atoms with Crippen LogP contribution in [-0.2, 0) is 10.0 Å². The number of nitrogens with zero attached hydrogens (tertiary/aromatic N) is 2. The average Bonchev–Trinajstić information content (AvgIpc) is 2.60. The maximum absolute atomic E-state index is 11.6. The highest BCUT2D eigenvalue weighted by Crippen LogP contribution is 2.20. The smallest absolute Gasteiger partial charge is 0.211 e. The molecule has 1 aliphatic rings. The minimum absolute atomic E-state index is 0. The molecule has 0 aromatic heterocycles. The second-order valence-corrected chi connectivity index (χ2v) is 9.03. The molecule has 8 heteroatoms. The highest BCUT2D eigenvalue weighted by molar-refractivity contribution is 14.0. The van der Waals surface area contributed by atoms with Gasteiger partial charge in [-0.05, 0) is 50.7 Å². The molecule has 1 heterocycles. The fourth-order valence-electron chi connectivity index (χ4n) is 3.32. The van der Waals surface area contributed by atoms with Crippen molar-refractivity contribution < 1.29 is 8.42 Å². The van der Waals surface area contributed by atoms with E-state index in [0.717, 1.165) is 25.3 Å². The van der Waals surface area contributed by atoms with Crippen LogP contribution < -0.4 is 10.6 Å². The van der Waals surface area contributed by atoms with Crippen molar-refractivity contribution in [1.82, 2.24) is 14.9 Å². The molecule has 1 atom stereocenters. The number of benzene rings is 1. The zero-order valence-corrected chi connectivity index (χ0v) is 19.9. The van der Waals surface area contributed by atoms with Gasteiger partial charge in [-0.3, -0.25) is 4.99 Å². The summed E-state index contributed by atoms with van der Waals surface area (Å²) in [6.07, 6.45) is 3.01. The lowest BCUT2D eigenvalue weighted by Crippen LogP contribution is -2.40. The molecule has 154 valence electrons. The number of nitrogens with one attached hydrogen (secondary N) is 2. The molecule has 2 N–H and O–H groups in total. The number of piperidine rings is 1. The topological polar surface area (TPSA) is 73.8 Å². The highest BCUT2D eigenvalue weighted by Gasteiger charge is 2.24. The Morgan fingerprint density at radius 2 is 1.93 bits per heavy atom. The van der Waals surface area contributed by atoms with E-state index in [0.29, 0.717) is 25.6 Å². The molecule has 1 saturated heterocycles. The van der Waals surface area contributed by atoms with Crippen LogP contribution in [-0.4, -0.2) is 51.1 Å². The Balaban J connectivity index is 0.00000364. The zero-order valence-electron chi connectivity index (χ0n) is 16.7. The quantitative estimate of drug-likeness (QED) is 0.352. The van der Waals surface area contributed by atoms with Crippen LogP contribution in [0.25, 0.3) is 0 Å². The Labute approximate surface area is 181 Å². The number of halogens is 1. The van der Waals surface area contributed by atoms with Gasteiger partial charge in [-0.25, -0.2) is 12.7 Å². The van der Waals surface area contributed by atoms with Crippen LogP contribution in [0, 0.1) is 12.8 Å². The van der Waals surface area contributed by atoms with Crippen molar-refractivity contribution in [3.8, 4) is 0 Å². The van der Waals surface area contributed by atoms with Gasteiger partial charge in [-0.1, -0.05) is 24.3 Å². The Kier molecular flexibility index (Phi) is 10.0. The second kappa shape index (κ2) is 11.2. The number of guanidine groups is 1. The number of aliphatic imine (C=N–C) groups is 1. The molecule has 1 unspecified atom stereocenters. The number of rotatable bonds is 6. The molecule has 0 amide bonds. The normalized spacial score (nSPS) is 17.9. The maximum Gasteiger partial charge on any atom is 0.211 e. The van der Waals surface area contributed by atoms with Crippen LogP contribution >= 0.6 is 24.0 Å². The molecule has 6 nitrogen and oxygen atoms in total. The van der Waals surface area contributed by atoms with Crippen molar-refractivity contribution in [2.45, 2.75) is 39.7 Å². The highest BCUT2D eigenvalue weighted by atomic mass is 127. The largest absolute Gasteiger partial charge is 0.357 e. The molecule has 0 aliphatic carbocycles. The average molecular weight is 508 g/mol. The third-order valence-corrected chi connectivity index (χ3v) is 6.21. The second-order valence-electron chi connectivity index (χ2n) is 7.05. The first-order valence-electron chi connectivity index (χ1n) is 9.36. The summed E-state index contributed by atoms with van der Waals surface area (Å²) in [6, 6.07) is 8.53. The molecule has 0 spiro atoms. The van der Waals surface area contributed by atoms with Crippen LogP contribution in [0.2, 0.25) is 0 Å². The standard InChI is InChI=1S/C19H32N4O2S.HI/c1-5-20-19(22-16(3)18-9-7-6-8-15(18)2)21-14-17-10-12-23(13-11-17)26(4,24)25;/h6-9,16-17H,5,10-14H2,1-4H3,(H2,20,21,22);1H. The SMILES string of the molecule is CCNC(=NCC1CCN(S(C)(=O)=O)CC1)NC(C)c1ccccc1C.I. The molecule has 0 saturated carbocycles. The third kappa shape index (κ3) is 7.57. The number of hydrogen-bond donors (Lipinski definition) is 2. The van der Waals surface area contributed by atoms with Crippen molar-refractivity contribution in [3.05, 3.63) is 35.4 Å². The van der Waals surface area contributed by atoms with Gasteiger partial charge in [-0.15, -0.1) is 24.0 Å². The van der Waals surface area contributed by atoms with Crippen molar-refractivity contribution in [1.29, 1.82) is 0 Å². The van der Waals surface area contributed by atoms with Gasteiger partial charge in [0.25, 0.3) is 0 Å². The van der Waals surface area contributed by atoms with E-state index in [1.165, 1.54) is 17.4 Å². The number of hydrogen-bond acceptors (Lipinski definition) is 3. The summed E-state index contributed by atoms with van der Waals surface area (Å²) >= 11 is 0. The molecule has 1 fully saturated rings. The first kappa shape index (κ1) is 24.2. The minimum atomic E-state index is -3.07.